The van der Waals surface area contributed by atoms with Gasteiger partial charge in [0, 0.05) is 18.7 Å². The van der Waals surface area contributed by atoms with Crippen molar-refractivity contribution >= 4 is 0 Å². The Labute approximate surface area is 100 Å². The maximum absolute atomic E-state index is 12.2. The minimum atomic E-state index is -2.31. The zero-order chi connectivity index (χ0) is 12.8. The topological polar surface area (TPSA) is 38.5 Å². The highest BCUT2D eigenvalue weighted by Gasteiger charge is 2.09. The van der Waals surface area contributed by atoms with E-state index in [4.69, 9.17) is 10.5 Å². The van der Waals surface area contributed by atoms with Crippen LogP contribution in [0.4, 0.5) is 8.78 Å². The number of rotatable bonds is 6. The summed E-state index contributed by atoms with van der Waals surface area (Å²) in [5, 5.41) is 0. The van der Waals surface area contributed by atoms with Crippen LogP contribution in [0.2, 0.25) is 0 Å². The van der Waals surface area contributed by atoms with Crippen molar-refractivity contribution < 1.29 is 13.5 Å². The molecule has 0 saturated carbocycles. The standard InChI is InChI=1S/C12H18F2N2O/c1-16(8-12(13)14)7-9-3-4-10(6-15)11(5-9)17-2/h3-5,12H,6-8,15H2,1-2H3. The van der Waals surface area contributed by atoms with Gasteiger partial charge in [-0.2, -0.15) is 0 Å². The van der Waals surface area contributed by atoms with E-state index in [0.29, 0.717) is 18.8 Å². The van der Waals surface area contributed by atoms with Crippen molar-refractivity contribution in [3.63, 3.8) is 0 Å². The molecule has 0 spiro atoms. The Morgan fingerprint density at radius 1 is 1.41 bits per heavy atom. The predicted octanol–water partition coefficient (Wildman–Crippen LogP) is 1.85. The van der Waals surface area contributed by atoms with E-state index in [9.17, 15) is 8.78 Å². The lowest BCUT2D eigenvalue weighted by molar-refractivity contribution is 0.0975. The van der Waals surface area contributed by atoms with Crippen molar-refractivity contribution in [2.24, 2.45) is 5.73 Å². The maximum atomic E-state index is 12.2. The van der Waals surface area contributed by atoms with Crippen LogP contribution in [0.3, 0.4) is 0 Å². The number of methoxy groups -OCH3 is 1. The molecule has 96 valence electrons. The quantitative estimate of drug-likeness (QED) is 0.830. The molecule has 5 heteroatoms. The average Bonchev–Trinajstić information content (AvgIpc) is 2.27. The highest BCUT2D eigenvalue weighted by molar-refractivity contribution is 5.37. The number of nitrogens with zero attached hydrogens (tertiary/aromatic N) is 1. The van der Waals surface area contributed by atoms with Crippen molar-refractivity contribution in [1.29, 1.82) is 0 Å². The summed E-state index contributed by atoms with van der Waals surface area (Å²) in [7, 11) is 3.23. The van der Waals surface area contributed by atoms with Gasteiger partial charge >= 0.3 is 0 Å². The van der Waals surface area contributed by atoms with Gasteiger partial charge in [-0.05, 0) is 18.7 Å². The zero-order valence-corrected chi connectivity index (χ0v) is 10.1. The average molecular weight is 244 g/mol. The fraction of sp³-hybridized carbons (Fsp3) is 0.500. The smallest absolute Gasteiger partial charge is 0.251 e. The first kappa shape index (κ1) is 13.9. The van der Waals surface area contributed by atoms with E-state index in [2.05, 4.69) is 0 Å². The van der Waals surface area contributed by atoms with Gasteiger partial charge in [0.15, 0.2) is 0 Å². The first-order chi connectivity index (χ1) is 8.06. The lowest BCUT2D eigenvalue weighted by Gasteiger charge is -2.17. The van der Waals surface area contributed by atoms with Crippen molar-refractivity contribution in [2.45, 2.75) is 19.5 Å². The second-order valence-electron chi connectivity index (χ2n) is 3.94. The summed E-state index contributed by atoms with van der Waals surface area (Å²) in [4.78, 5) is 1.57. The molecule has 0 aliphatic carbocycles. The van der Waals surface area contributed by atoms with Gasteiger partial charge in [-0.25, -0.2) is 8.78 Å². The molecule has 1 aromatic rings. The number of ether oxygens (including phenoxy) is 1. The molecule has 0 unspecified atom stereocenters. The number of nitrogens with two attached hydrogens (primary N) is 1. The van der Waals surface area contributed by atoms with E-state index in [1.54, 1.807) is 19.1 Å². The normalized spacial score (nSPS) is 11.2. The van der Waals surface area contributed by atoms with Crippen LogP contribution >= 0.6 is 0 Å². The Kier molecular flexibility index (Phi) is 5.31. The molecule has 0 heterocycles. The van der Waals surface area contributed by atoms with Crippen LogP contribution in [0.1, 0.15) is 11.1 Å². The summed E-state index contributed by atoms with van der Waals surface area (Å²) in [5.41, 5.74) is 7.40. The molecule has 3 nitrogen and oxygen atoms in total. The summed E-state index contributed by atoms with van der Waals surface area (Å²) in [6, 6.07) is 5.58. The summed E-state index contributed by atoms with van der Waals surface area (Å²) < 4.78 is 29.5. The van der Waals surface area contributed by atoms with Crippen LogP contribution in [-0.2, 0) is 13.1 Å². The van der Waals surface area contributed by atoms with Crippen LogP contribution < -0.4 is 10.5 Å². The highest BCUT2D eigenvalue weighted by atomic mass is 19.3. The monoisotopic (exact) mass is 244 g/mol. The Hall–Kier alpha value is -1.20. The first-order valence-electron chi connectivity index (χ1n) is 5.39. The maximum Gasteiger partial charge on any atom is 0.251 e. The third-order valence-corrected chi connectivity index (χ3v) is 2.47. The molecule has 0 saturated heterocycles. The molecule has 17 heavy (non-hydrogen) atoms. The molecule has 0 fully saturated rings. The minimum Gasteiger partial charge on any atom is -0.496 e. The van der Waals surface area contributed by atoms with E-state index in [-0.39, 0.29) is 6.54 Å². The Morgan fingerprint density at radius 2 is 2.12 bits per heavy atom. The van der Waals surface area contributed by atoms with E-state index in [0.717, 1.165) is 11.1 Å². The van der Waals surface area contributed by atoms with Gasteiger partial charge in [0.2, 0.25) is 0 Å². The van der Waals surface area contributed by atoms with Gasteiger partial charge < -0.3 is 10.5 Å². The van der Waals surface area contributed by atoms with Crippen LogP contribution in [0.15, 0.2) is 18.2 Å². The molecule has 0 atom stereocenters. The van der Waals surface area contributed by atoms with Gasteiger partial charge in [0.1, 0.15) is 5.75 Å². The Balaban J connectivity index is 2.72. The van der Waals surface area contributed by atoms with Crippen LogP contribution in [0.25, 0.3) is 0 Å². The van der Waals surface area contributed by atoms with Crippen molar-refractivity contribution in [3.05, 3.63) is 29.3 Å². The SMILES string of the molecule is COc1cc(CN(C)CC(F)F)ccc1CN. The number of alkyl halides is 2. The second kappa shape index (κ2) is 6.51. The molecule has 0 aliphatic rings. The third kappa shape index (κ3) is 4.28. The summed E-state index contributed by atoms with van der Waals surface area (Å²) in [6.07, 6.45) is -2.31. The van der Waals surface area contributed by atoms with E-state index in [1.807, 2.05) is 18.2 Å². The highest BCUT2D eigenvalue weighted by Crippen LogP contribution is 2.20. The van der Waals surface area contributed by atoms with E-state index >= 15 is 0 Å². The van der Waals surface area contributed by atoms with Crippen molar-refractivity contribution in [1.82, 2.24) is 4.90 Å². The number of benzene rings is 1. The fourth-order valence-corrected chi connectivity index (χ4v) is 1.67. The molecule has 0 aliphatic heterocycles. The largest absolute Gasteiger partial charge is 0.496 e. The lowest BCUT2D eigenvalue weighted by atomic mass is 10.1. The third-order valence-electron chi connectivity index (χ3n) is 2.47. The number of hydrogen-bond acceptors (Lipinski definition) is 3. The first-order valence-corrected chi connectivity index (χ1v) is 5.39. The second-order valence-corrected chi connectivity index (χ2v) is 3.94. The van der Waals surface area contributed by atoms with E-state index < -0.39 is 6.43 Å². The van der Waals surface area contributed by atoms with Gasteiger partial charge in [0.05, 0.1) is 13.7 Å². The lowest BCUT2D eigenvalue weighted by Crippen LogP contribution is -2.24. The molecule has 2 N–H and O–H groups in total. The van der Waals surface area contributed by atoms with Gasteiger partial charge in [-0.15, -0.1) is 0 Å². The number of hydrogen-bond donors (Lipinski definition) is 1. The molecular formula is C12H18F2N2O. The molecular weight excluding hydrogens is 226 g/mol. The molecule has 0 aromatic heterocycles. The Bertz CT molecular complexity index is 358. The van der Waals surface area contributed by atoms with Crippen LogP contribution in [0, 0.1) is 0 Å². The summed E-state index contributed by atoms with van der Waals surface area (Å²) in [5.74, 6) is 0.704. The minimum absolute atomic E-state index is 0.235. The Morgan fingerprint density at radius 3 is 2.65 bits per heavy atom. The molecule has 0 amide bonds. The molecule has 1 aromatic carbocycles. The predicted molar refractivity (Wildman–Crippen MR) is 63.2 cm³/mol. The summed E-state index contributed by atoms with van der Waals surface area (Å²) in [6.45, 7) is 0.628. The number of halogens is 2. The van der Waals surface area contributed by atoms with Crippen LogP contribution in [0.5, 0.6) is 5.75 Å². The van der Waals surface area contributed by atoms with Gasteiger partial charge in [0.25, 0.3) is 6.43 Å². The fourth-order valence-electron chi connectivity index (χ4n) is 1.67. The molecule has 0 bridgehead atoms. The van der Waals surface area contributed by atoms with Crippen LogP contribution in [-0.4, -0.2) is 32.0 Å². The molecule has 0 radical (unpaired) electrons. The van der Waals surface area contributed by atoms with Gasteiger partial charge in [-0.1, -0.05) is 12.1 Å². The van der Waals surface area contributed by atoms with Crippen molar-refractivity contribution in [3.8, 4) is 5.75 Å². The summed E-state index contributed by atoms with van der Waals surface area (Å²) >= 11 is 0. The van der Waals surface area contributed by atoms with E-state index in [1.165, 1.54) is 0 Å². The molecule has 1 rings (SSSR count). The van der Waals surface area contributed by atoms with Gasteiger partial charge in [-0.3, -0.25) is 4.90 Å². The zero-order valence-electron chi connectivity index (χ0n) is 10.1. The van der Waals surface area contributed by atoms with Crippen molar-refractivity contribution in [2.75, 3.05) is 20.7 Å².